The van der Waals surface area contributed by atoms with Gasteiger partial charge in [0.15, 0.2) is 0 Å². The molecule has 4 amide bonds. The van der Waals surface area contributed by atoms with Gasteiger partial charge in [-0.15, -0.1) is 0 Å². The van der Waals surface area contributed by atoms with Crippen molar-refractivity contribution in [3.63, 3.8) is 0 Å². The van der Waals surface area contributed by atoms with Gasteiger partial charge in [0.2, 0.25) is 5.91 Å². The number of aryl methyl sites for hydroxylation is 1. The number of carbonyl (C=O) groups excluding carboxylic acids is 4. The predicted molar refractivity (Wildman–Crippen MR) is 133 cm³/mol. The van der Waals surface area contributed by atoms with Crippen LogP contribution in [0.5, 0.6) is 0 Å². The summed E-state index contributed by atoms with van der Waals surface area (Å²) in [5.74, 6) is -2.19. The maximum atomic E-state index is 13.5. The number of amides is 4. The number of nitrogens with one attached hydrogen (secondary N) is 2. The Bertz CT molecular complexity index is 1240. The molecule has 3 aromatic carbocycles. The number of hydrogen-bond donors (Lipinski definition) is 1. The van der Waals surface area contributed by atoms with Gasteiger partial charge in [-0.05, 0) is 36.2 Å². The molecular formula is C27H25N4O4W-. The maximum absolute atomic E-state index is 13.5. The Labute approximate surface area is 223 Å². The minimum Gasteiger partial charge on any atom is -0.666 e. The van der Waals surface area contributed by atoms with Gasteiger partial charge in [0.1, 0.15) is 6.04 Å². The normalized spacial score (nSPS) is 14.8. The van der Waals surface area contributed by atoms with E-state index in [-0.39, 0.29) is 39.9 Å². The van der Waals surface area contributed by atoms with E-state index < -0.39 is 30.3 Å². The Balaban J connectivity index is 0.00000361. The van der Waals surface area contributed by atoms with Crippen molar-refractivity contribution in [1.82, 2.24) is 5.32 Å². The van der Waals surface area contributed by atoms with Crippen LogP contribution >= 0.6 is 0 Å². The maximum Gasteiger partial charge on any atom is 0.251 e. The van der Waals surface area contributed by atoms with Crippen LogP contribution in [-0.4, -0.2) is 42.8 Å². The Morgan fingerprint density at radius 2 is 1.44 bits per heavy atom. The van der Waals surface area contributed by atoms with E-state index in [4.69, 9.17) is 5.73 Å². The SMILES string of the molecule is [NH-]C(=O)CN1C(=O)[C@@H](NC(=O)c2ccccc2)CN(C(=O)CCc2ccccc2)c2ccccc21.[W]. The van der Waals surface area contributed by atoms with Crippen molar-refractivity contribution in [2.24, 2.45) is 0 Å². The fourth-order valence-electron chi connectivity index (χ4n) is 4.10. The largest absolute Gasteiger partial charge is 0.666 e. The summed E-state index contributed by atoms with van der Waals surface area (Å²) in [6.45, 7) is -0.579. The zero-order valence-electron chi connectivity index (χ0n) is 19.4. The van der Waals surface area contributed by atoms with Gasteiger partial charge >= 0.3 is 0 Å². The first-order chi connectivity index (χ1) is 16.9. The molecule has 2 N–H and O–H groups in total. The zero-order chi connectivity index (χ0) is 24.8. The van der Waals surface area contributed by atoms with E-state index in [1.54, 1.807) is 54.6 Å². The molecule has 1 aliphatic rings. The first-order valence-corrected chi connectivity index (χ1v) is 11.3. The third-order valence-electron chi connectivity index (χ3n) is 5.81. The summed E-state index contributed by atoms with van der Waals surface area (Å²) in [4.78, 5) is 54.1. The van der Waals surface area contributed by atoms with E-state index in [0.29, 0.717) is 23.4 Å². The summed E-state index contributed by atoms with van der Waals surface area (Å²) in [5, 5.41) is 2.73. The molecule has 1 atom stereocenters. The smallest absolute Gasteiger partial charge is 0.251 e. The molecule has 0 radical (unpaired) electrons. The number of benzene rings is 3. The summed E-state index contributed by atoms with van der Waals surface area (Å²) in [6, 6.07) is 23.7. The van der Waals surface area contributed by atoms with Gasteiger partial charge < -0.3 is 25.6 Å². The van der Waals surface area contributed by atoms with Gasteiger partial charge in [0.05, 0.1) is 30.4 Å². The molecule has 0 spiro atoms. The summed E-state index contributed by atoms with van der Waals surface area (Å²) in [5.41, 5.74) is 9.64. The summed E-state index contributed by atoms with van der Waals surface area (Å²) >= 11 is 0. The van der Waals surface area contributed by atoms with E-state index in [1.165, 1.54) is 9.80 Å². The van der Waals surface area contributed by atoms with Crippen molar-refractivity contribution in [3.8, 4) is 0 Å². The van der Waals surface area contributed by atoms with Crippen molar-refractivity contribution in [2.75, 3.05) is 22.9 Å². The van der Waals surface area contributed by atoms with Crippen molar-refractivity contribution >= 4 is 35.0 Å². The topological polar surface area (TPSA) is 111 Å². The van der Waals surface area contributed by atoms with Crippen LogP contribution in [0, 0.1) is 0 Å². The molecule has 0 aliphatic carbocycles. The number of nitrogens with zero attached hydrogens (tertiary/aromatic N) is 2. The average Bonchev–Trinajstić information content (AvgIpc) is 2.99. The van der Waals surface area contributed by atoms with Gasteiger partial charge in [-0.2, -0.15) is 0 Å². The van der Waals surface area contributed by atoms with Crippen LogP contribution in [0.3, 0.4) is 0 Å². The van der Waals surface area contributed by atoms with Crippen LogP contribution in [0.2, 0.25) is 0 Å². The number of anilines is 2. The predicted octanol–water partition coefficient (Wildman–Crippen LogP) is 3.37. The third-order valence-corrected chi connectivity index (χ3v) is 5.81. The Morgan fingerprint density at radius 3 is 2.08 bits per heavy atom. The van der Waals surface area contributed by atoms with Crippen molar-refractivity contribution in [2.45, 2.75) is 18.9 Å². The number of rotatable bonds is 7. The molecule has 184 valence electrons. The van der Waals surface area contributed by atoms with Gasteiger partial charge in [0.25, 0.3) is 11.8 Å². The first kappa shape index (κ1) is 26.8. The van der Waals surface area contributed by atoms with Crippen LogP contribution < -0.4 is 15.1 Å². The molecule has 36 heavy (non-hydrogen) atoms. The monoisotopic (exact) mass is 653 g/mol. The molecule has 0 unspecified atom stereocenters. The molecular weight excluding hydrogens is 628 g/mol. The van der Waals surface area contributed by atoms with Crippen molar-refractivity contribution in [3.05, 3.63) is 102 Å². The van der Waals surface area contributed by atoms with E-state index >= 15 is 0 Å². The minimum absolute atomic E-state index is 0. The zero-order valence-corrected chi connectivity index (χ0v) is 22.4. The van der Waals surface area contributed by atoms with Gasteiger partial charge in [-0.3, -0.25) is 14.4 Å². The standard InChI is InChI=1S/C27H26N4O4.W/c28-24(32)18-31-23-14-8-7-13-22(23)30(25(33)16-15-19-9-3-1-4-10-19)17-21(27(31)35)29-26(34)20-11-5-2-6-12-20;/h1-14,21H,15-18H2,(H3,28,29,32,34);/p-1/t21-;/m0./s1. The van der Waals surface area contributed by atoms with E-state index in [1.807, 2.05) is 30.3 Å². The molecule has 3 aromatic rings. The second-order valence-electron chi connectivity index (χ2n) is 8.22. The van der Waals surface area contributed by atoms with Gasteiger partial charge in [-0.25, -0.2) is 0 Å². The van der Waals surface area contributed by atoms with Crippen molar-refractivity contribution in [1.29, 1.82) is 0 Å². The fourth-order valence-corrected chi connectivity index (χ4v) is 4.10. The number of fused-ring (bicyclic) bond motifs is 1. The fraction of sp³-hybridized carbons (Fsp3) is 0.185. The van der Waals surface area contributed by atoms with E-state index in [0.717, 1.165) is 5.56 Å². The van der Waals surface area contributed by atoms with E-state index in [2.05, 4.69) is 5.32 Å². The second-order valence-corrected chi connectivity index (χ2v) is 8.22. The number of carbonyl (C=O) groups is 4. The Kier molecular flexibility index (Phi) is 9.14. The Morgan fingerprint density at radius 1 is 0.861 bits per heavy atom. The molecule has 0 fully saturated rings. The molecule has 8 nitrogen and oxygen atoms in total. The number of hydrogen-bond acceptors (Lipinski definition) is 4. The van der Waals surface area contributed by atoms with E-state index in [9.17, 15) is 19.2 Å². The quantitative estimate of drug-likeness (QED) is 0.422. The summed E-state index contributed by atoms with van der Waals surface area (Å²) in [6.07, 6.45) is 0.714. The third kappa shape index (κ3) is 6.26. The van der Waals surface area contributed by atoms with Crippen molar-refractivity contribution < 1.29 is 40.2 Å². The van der Waals surface area contributed by atoms with Crippen LogP contribution in [0.1, 0.15) is 22.3 Å². The summed E-state index contributed by atoms with van der Waals surface area (Å²) in [7, 11) is 0. The molecule has 1 heterocycles. The minimum atomic E-state index is -1.10. The van der Waals surface area contributed by atoms with Gasteiger partial charge in [-0.1, -0.05) is 60.7 Å². The molecule has 1 aliphatic heterocycles. The van der Waals surface area contributed by atoms with Crippen LogP contribution in [-0.2, 0) is 41.9 Å². The molecule has 4 rings (SSSR count). The van der Waals surface area contributed by atoms with Crippen LogP contribution in [0.4, 0.5) is 11.4 Å². The molecule has 9 heteroatoms. The summed E-state index contributed by atoms with van der Waals surface area (Å²) < 4.78 is 0. The molecule has 0 saturated heterocycles. The van der Waals surface area contributed by atoms with Gasteiger partial charge in [0, 0.05) is 33.0 Å². The number of para-hydroxylation sites is 2. The molecule has 0 aromatic heterocycles. The average molecular weight is 653 g/mol. The molecule has 0 bridgehead atoms. The molecule has 0 saturated carbocycles. The van der Waals surface area contributed by atoms with Crippen LogP contribution in [0.25, 0.3) is 5.73 Å². The Hall–Kier alpha value is -3.77. The van der Waals surface area contributed by atoms with Crippen LogP contribution in [0.15, 0.2) is 84.9 Å². The first-order valence-electron chi connectivity index (χ1n) is 11.3. The second kappa shape index (κ2) is 12.3.